The van der Waals surface area contributed by atoms with Crippen LogP contribution in [0.4, 0.5) is 0 Å². The van der Waals surface area contributed by atoms with Crippen LogP contribution in [0.2, 0.25) is 0 Å². The van der Waals surface area contributed by atoms with E-state index in [0.29, 0.717) is 34.8 Å². The number of hydrogen-bond donors (Lipinski definition) is 1. The van der Waals surface area contributed by atoms with E-state index in [9.17, 15) is 4.79 Å². The van der Waals surface area contributed by atoms with Gasteiger partial charge >= 0.3 is 0 Å². The largest absolute Gasteiger partial charge is 0.415 e. The Morgan fingerprint density at radius 1 is 1.00 bits per heavy atom. The number of carbonyl (C=O) groups excluding carboxylic acids is 1. The number of hydrogen-bond acceptors (Lipinski definition) is 7. The van der Waals surface area contributed by atoms with Crippen LogP contribution in [0.5, 0.6) is 0 Å². The molecule has 2 aromatic carbocycles. The number of aromatic nitrogens is 4. The van der Waals surface area contributed by atoms with Crippen molar-refractivity contribution in [2.45, 2.75) is 19.4 Å². The minimum Gasteiger partial charge on any atom is -0.415 e. The Morgan fingerprint density at radius 2 is 1.76 bits per heavy atom. The fourth-order valence-corrected chi connectivity index (χ4v) is 3.88. The SMILES string of the molecule is CCC1CN(C(=O)c2ccc(-c3cncc(-c4nnc(-c5ccccc5)o4)n3)cc2)CCN1. The Kier molecular flexibility index (Phi) is 5.91. The Balaban J connectivity index is 1.34. The minimum absolute atomic E-state index is 0.0561. The summed E-state index contributed by atoms with van der Waals surface area (Å²) in [6.07, 6.45) is 4.28. The van der Waals surface area contributed by atoms with E-state index < -0.39 is 0 Å². The zero-order valence-corrected chi connectivity index (χ0v) is 18.3. The van der Waals surface area contributed by atoms with Gasteiger partial charge in [0.15, 0.2) is 0 Å². The van der Waals surface area contributed by atoms with Crippen LogP contribution in [0.3, 0.4) is 0 Å². The first-order chi connectivity index (χ1) is 16.2. The first-order valence-electron chi connectivity index (χ1n) is 11.1. The Hall–Kier alpha value is -3.91. The highest BCUT2D eigenvalue weighted by Gasteiger charge is 2.23. The van der Waals surface area contributed by atoms with E-state index in [1.807, 2.05) is 59.5 Å². The summed E-state index contributed by atoms with van der Waals surface area (Å²) in [6.45, 7) is 4.41. The first-order valence-corrected chi connectivity index (χ1v) is 11.1. The molecule has 4 aromatic rings. The van der Waals surface area contributed by atoms with Crippen molar-refractivity contribution in [3.63, 3.8) is 0 Å². The molecule has 1 aliphatic heterocycles. The molecule has 1 aliphatic rings. The fraction of sp³-hybridized carbons (Fsp3) is 0.240. The van der Waals surface area contributed by atoms with Gasteiger partial charge in [-0.15, -0.1) is 10.2 Å². The predicted molar refractivity (Wildman–Crippen MR) is 124 cm³/mol. The third-order valence-electron chi connectivity index (χ3n) is 5.76. The Labute approximate surface area is 191 Å². The van der Waals surface area contributed by atoms with Gasteiger partial charge in [-0.3, -0.25) is 9.78 Å². The second-order valence-corrected chi connectivity index (χ2v) is 7.96. The van der Waals surface area contributed by atoms with E-state index >= 15 is 0 Å². The van der Waals surface area contributed by atoms with Crippen molar-refractivity contribution in [3.05, 3.63) is 72.6 Å². The maximum absolute atomic E-state index is 12.9. The van der Waals surface area contributed by atoms with Gasteiger partial charge in [0.05, 0.1) is 18.1 Å². The molecule has 1 amide bonds. The van der Waals surface area contributed by atoms with E-state index in [-0.39, 0.29) is 5.91 Å². The number of carbonyl (C=O) groups is 1. The number of rotatable bonds is 5. The Bertz CT molecular complexity index is 1240. The molecule has 166 valence electrons. The molecule has 1 saturated heterocycles. The molecule has 3 heterocycles. The van der Waals surface area contributed by atoms with Gasteiger partial charge in [-0.2, -0.15) is 0 Å². The Morgan fingerprint density at radius 3 is 2.55 bits per heavy atom. The number of nitrogens with one attached hydrogen (secondary N) is 1. The summed E-state index contributed by atoms with van der Waals surface area (Å²) in [5.74, 6) is 0.790. The summed E-state index contributed by atoms with van der Waals surface area (Å²) in [4.78, 5) is 23.8. The summed E-state index contributed by atoms with van der Waals surface area (Å²) in [6, 6.07) is 17.4. The highest BCUT2D eigenvalue weighted by molar-refractivity contribution is 5.94. The van der Waals surface area contributed by atoms with Crippen LogP contribution >= 0.6 is 0 Å². The molecule has 0 aliphatic carbocycles. The van der Waals surface area contributed by atoms with Crippen molar-refractivity contribution in [1.29, 1.82) is 0 Å². The molecule has 1 atom stereocenters. The van der Waals surface area contributed by atoms with Crippen LogP contribution < -0.4 is 5.32 Å². The standard InChI is InChI=1S/C25H24N6O2/c1-2-20-16-31(13-12-27-20)25(32)19-10-8-17(9-11-19)21-14-26-15-22(28-21)24-30-29-23(33-24)18-6-4-3-5-7-18/h3-11,14-15,20,27H,2,12-13,16H2,1H3. The van der Waals surface area contributed by atoms with E-state index in [0.717, 1.165) is 37.2 Å². The lowest BCUT2D eigenvalue weighted by Gasteiger charge is -2.33. The topological polar surface area (TPSA) is 97.0 Å². The summed E-state index contributed by atoms with van der Waals surface area (Å²) < 4.78 is 5.80. The second-order valence-electron chi connectivity index (χ2n) is 7.96. The zero-order chi connectivity index (χ0) is 22.6. The average molecular weight is 441 g/mol. The highest BCUT2D eigenvalue weighted by atomic mass is 16.4. The molecule has 2 aromatic heterocycles. The van der Waals surface area contributed by atoms with Crippen LogP contribution in [-0.2, 0) is 0 Å². The molecule has 33 heavy (non-hydrogen) atoms. The molecular weight excluding hydrogens is 416 g/mol. The van der Waals surface area contributed by atoms with E-state index in [1.54, 1.807) is 12.4 Å². The minimum atomic E-state index is 0.0561. The summed E-state index contributed by atoms with van der Waals surface area (Å²) >= 11 is 0. The number of nitrogens with zero attached hydrogens (tertiary/aromatic N) is 5. The molecule has 1 unspecified atom stereocenters. The normalized spacial score (nSPS) is 16.0. The molecule has 1 N–H and O–H groups in total. The maximum Gasteiger partial charge on any atom is 0.268 e. The van der Waals surface area contributed by atoms with Gasteiger partial charge in [0.1, 0.15) is 5.69 Å². The van der Waals surface area contributed by atoms with Crippen molar-refractivity contribution < 1.29 is 9.21 Å². The maximum atomic E-state index is 12.9. The van der Waals surface area contributed by atoms with Crippen LogP contribution in [0, 0.1) is 0 Å². The van der Waals surface area contributed by atoms with Crippen LogP contribution in [-0.4, -0.2) is 56.6 Å². The van der Waals surface area contributed by atoms with Gasteiger partial charge in [0, 0.05) is 42.4 Å². The molecule has 8 heteroatoms. The van der Waals surface area contributed by atoms with E-state index in [4.69, 9.17) is 4.42 Å². The van der Waals surface area contributed by atoms with Crippen molar-refractivity contribution in [3.8, 4) is 34.3 Å². The highest BCUT2D eigenvalue weighted by Crippen LogP contribution is 2.24. The van der Waals surface area contributed by atoms with Crippen molar-refractivity contribution in [2.75, 3.05) is 19.6 Å². The molecule has 5 rings (SSSR count). The molecule has 0 spiro atoms. The monoisotopic (exact) mass is 440 g/mol. The van der Waals surface area contributed by atoms with Gasteiger partial charge < -0.3 is 14.6 Å². The van der Waals surface area contributed by atoms with Crippen LogP contribution in [0.1, 0.15) is 23.7 Å². The van der Waals surface area contributed by atoms with Crippen LogP contribution in [0.25, 0.3) is 34.3 Å². The fourth-order valence-electron chi connectivity index (χ4n) is 3.88. The zero-order valence-electron chi connectivity index (χ0n) is 18.3. The molecule has 0 bridgehead atoms. The van der Waals surface area contributed by atoms with Gasteiger partial charge in [0.25, 0.3) is 11.8 Å². The lowest BCUT2D eigenvalue weighted by atomic mass is 10.1. The lowest BCUT2D eigenvalue weighted by Crippen LogP contribution is -2.52. The third-order valence-corrected chi connectivity index (χ3v) is 5.76. The number of amides is 1. The van der Waals surface area contributed by atoms with E-state index in [2.05, 4.69) is 32.4 Å². The van der Waals surface area contributed by atoms with Crippen molar-refractivity contribution in [2.24, 2.45) is 0 Å². The molecule has 0 radical (unpaired) electrons. The second kappa shape index (κ2) is 9.30. The lowest BCUT2D eigenvalue weighted by molar-refractivity contribution is 0.0701. The van der Waals surface area contributed by atoms with Gasteiger partial charge in [-0.1, -0.05) is 37.3 Å². The third kappa shape index (κ3) is 4.51. The van der Waals surface area contributed by atoms with Gasteiger partial charge in [0.2, 0.25) is 5.89 Å². The summed E-state index contributed by atoms with van der Waals surface area (Å²) in [7, 11) is 0. The predicted octanol–water partition coefficient (Wildman–Crippen LogP) is 3.68. The first kappa shape index (κ1) is 21.0. The molecule has 8 nitrogen and oxygen atoms in total. The molecular formula is C25H24N6O2. The quantitative estimate of drug-likeness (QED) is 0.505. The van der Waals surface area contributed by atoms with Gasteiger partial charge in [-0.05, 0) is 30.7 Å². The van der Waals surface area contributed by atoms with E-state index in [1.165, 1.54) is 0 Å². The van der Waals surface area contributed by atoms with Gasteiger partial charge in [-0.25, -0.2) is 4.98 Å². The number of piperazine rings is 1. The van der Waals surface area contributed by atoms with Crippen molar-refractivity contribution in [1.82, 2.24) is 30.4 Å². The van der Waals surface area contributed by atoms with Crippen LogP contribution in [0.15, 0.2) is 71.4 Å². The van der Waals surface area contributed by atoms with Crippen molar-refractivity contribution >= 4 is 5.91 Å². The summed E-state index contributed by atoms with van der Waals surface area (Å²) in [5, 5.41) is 11.7. The number of benzene rings is 2. The average Bonchev–Trinajstić information content (AvgIpc) is 3.40. The molecule has 0 saturated carbocycles. The smallest absolute Gasteiger partial charge is 0.268 e. The molecule has 1 fully saturated rings. The summed E-state index contributed by atoms with van der Waals surface area (Å²) in [5.41, 5.74) is 3.53.